The Morgan fingerprint density at radius 3 is 2.41 bits per heavy atom. The van der Waals surface area contributed by atoms with Crippen LogP contribution in [0.25, 0.3) is 0 Å². The van der Waals surface area contributed by atoms with Crippen LogP contribution in [0, 0.1) is 40.9 Å². The van der Waals surface area contributed by atoms with Crippen LogP contribution in [0.3, 0.4) is 0 Å². The van der Waals surface area contributed by atoms with E-state index in [0.29, 0.717) is 47.7 Å². The molecule has 0 saturated heterocycles. The minimum absolute atomic E-state index is 0.0420. The molecule has 0 spiro atoms. The van der Waals surface area contributed by atoms with Crippen LogP contribution in [0.1, 0.15) is 124 Å². The first-order chi connectivity index (χ1) is 16.3. The number of rotatable bonds is 10. The van der Waals surface area contributed by atoms with Crippen LogP contribution in [-0.4, -0.2) is 17.9 Å². The number of esters is 1. The van der Waals surface area contributed by atoms with E-state index < -0.39 is 0 Å². The minimum Gasteiger partial charge on any atom is -0.462 e. The fourth-order valence-corrected chi connectivity index (χ4v) is 8.90. The number of ether oxygens (including phenoxy) is 1. The number of ketones is 1. The fourth-order valence-electron chi connectivity index (χ4n) is 8.90. The van der Waals surface area contributed by atoms with Crippen molar-refractivity contribution in [3.63, 3.8) is 0 Å². The van der Waals surface area contributed by atoms with E-state index in [1.165, 1.54) is 56.9 Å². The summed E-state index contributed by atoms with van der Waals surface area (Å²) >= 11 is 0. The molecule has 0 heterocycles. The van der Waals surface area contributed by atoms with E-state index in [0.717, 1.165) is 38.5 Å². The van der Waals surface area contributed by atoms with Crippen molar-refractivity contribution in [1.29, 1.82) is 0 Å². The highest BCUT2D eigenvalue weighted by molar-refractivity contribution is 5.91. The lowest BCUT2D eigenvalue weighted by Crippen LogP contribution is -2.54. The van der Waals surface area contributed by atoms with Gasteiger partial charge >= 0.3 is 5.97 Å². The third kappa shape index (κ3) is 5.34. The van der Waals surface area contributed by atoms with Gasteiger partial charge in [-0.05, 0) is 80.1 Å². The zero-order valence-corrected chi connectivity index (χ0v) is 22.5. The van der Waals surface area contributed by atoms with Crippen LogP contribution in [0.15, 0.2) is 11.6 Å². The molecule has 34 heavy (non-hydrogen) atoms. The van der Waals surface area contributed by atoms with E-state index >= 15 is 0 Å². The number of hydrogen-bond donors (Lipinski definition) is 0. The molecule has 0 aromatic rings. The first-order valence-electron chi connectivity index (χ1n) is 14.8. The van der Waals surface area contributed by atoms with Crippen molar-refractivity contribution in [2.24, 2.45) is 40.9 Å². The van der Waals surface area contributed by atoms with E-state index in [4.69, 9.17) is 4.74 Å². The Labute approximate surface area is 208 Å². The molecule has 0 radical (unpaired) electrons. The largest absolute Gasteiger partial charge is 0.462 e. The van der Waals surface area contributed by atoms with E-state index in [9.17, 15) is 9.59 Å². The van der Waals surface area contributed by atoms with Gasteiger partial charge < -0.3 is 4.74 Å². The summed E-state index contributed by atoms with van der Waals surface area (Å²) in [5, 5.41) is 0. The number of fused-ring (bicyclic) bond motifs is 5. The topological polar surface area (TPSA) is 43.4 Å². The third-order valence-corrected chi connectivity index (χ3v) is 10.4. The maximum absolute atomic E-state index is 12.8. The molecule has 3 saturated carbocycles. The van der Waals surface area contributed by atoms with Crippen LogP contribution in [0.4, 0.5) is 0 Å². The van der Waals surface area contributed by atoms with Crippen LogP contribution in [0.2, 0.25) is 0 Å². The van der Waals surface area contributed by atoms with Crippen molar-refractivity contribution < 1.29 is 14.3 Å². The maximum Gasteiger partial charge on any atom is 0.306 e. The molecule has 3 fully saturated rings. The van der Waals surface area contributed by atoms with E-state index in [1.54, 1.807) is 0 Å². The Kier molecular flexibility index (Phi) is 8.62. The summed E-state index contributed by atoms with van der Waals surface area (Å²) in [6, 6.07) is 0. The molecule has 3 nitrogen and oxygen atoms in total. The number of hydrogen-bond acceptors (Lipinski definition) is 3. The highest BCUT2D eigenvalue weighted by Gasteiger charge is 2.60. The Morgan fingerprint density at radius 2 is 1.68 bits per heavy atom. The summed E-state index contributed by atoms with van der Waals surface area (Å²) in [5.74, 6) is 4.31. The predicted molar refractivity (Wildman–Crippen MR) is 138 cm³/mol. The third-order valence-electron chi connectivity index (χ3n) is 10.4. The Balaban J connectivity index is 1.32. The Morgan fingerprint density at radius 1 is 0.971 bits per heavy atom. The molecule has 0 N–H and O–H groups in total. The first-order valence-corrected chi connectivity index (χ1v) is 14.8. The quantitative estimate of drug-likeness (QED) is 0.239. The molecule has 0 aliphatic heterocycles. The summed E-state index contributed by atoms with van der Waals surface area (Å²) in [7, 11) is 0. The highest BCUT2D eigenvalue weighted by atomic mass is 16.5. The molecular formula is C31H50O3. The summed E-state index contributed by atoms with van der Waals surface area (Å²) in [6.45, 7) is 9.57. The summed E-state index contributed by atoms with van der Waals surface area (Å²) in [6.07, 6.45) is 19.0. The van der Waals surface area contributed by atoms with Gasteiger partial charge in [-0.2, -0.15) is 0 Å². The van der Waals surface area contributed by atoms with Gasteiger partial charge in [0, 0.05) is 18.3 Å². The van der Waals surface area contributed by atoms with E-state index in [2.05, 4.69) is 27.7 Å². The van der Waals surface area contributed by atoms with Gasteiger partial charge in [-0.1, -0.05) is 78.2 Å². The van der Waals surface area contributed by atoms with Crippen molar-refractivity contribution in [3.8, 4) is 0 Å². The second-order valence-corrected chi connectivity index (χ2v) is 12.7. The molecule has 3 unspecified atom stereocenters. The van der Waals surface area contributed by atoms with Crippen LogP contribution < -0.4 is 0 Å². The lowest BCUT2D eigenvalue weighted by atomic mass is 9.47. The van der Waals surface area contributed by atoms with Crippen molar-refractivity contribution in [2.75, 3.05) is 0 Å². The van der Waals surface area contributed by atoms with E-state index in [1.807, 2.05) is 6.08 Å². The average molecular weight is 471 g/mol. The number of carbonyl (C=O) groups is 2. The van der Waals surface area contributed by atoms with Crippen LogP contribution >= 0.6 is 0 Å². The molecule has 4 rings (SSSR count). The van der Waals surface area contributed by atoms with Crippen molar-refractivity contribution >= 4 is 11.8 Å². The van der Waals surface area contributed by atoms with Gasteiger partial charge in [0.25, 0.3) is 0 Å². The number of unbranched alkanes of at least 4 members (excludes halogenated alkanes) is 7. The maximum atomic E-state index is 12.8. The first kappa shape index (κ1) is 26.0. The summed E-state index contributed by atoms with van der Waals surface area (Å²) in [5.41, 5.74) is 1.57. The van der Waals surface area contributed by atoms with Crippen molar-refractivity contribution in [1.82, 2.24) is 0 Å². The Bertz CT molecular complexity index is 754. The second-order valence-electron chi connectivity index (χ2n) is 12.7. The normalized spacial score (nSPS) is 39.1. The zero-order valence-electron chi connectivity index (χ0n) is 22.5. The van der Waals surface area contributed by atoms with Crippen molar-refractivity contribution in [2.45, 2.75) is 130 Å². The smallest absolute Gasteiger partial charge is 0.306 e. The number of carbonyl (C=O) groups excluding carboxylic acids is 2. The van der Waals surface area contributed by atoms with E-state index in [-0.39, 0.29) is 17.5 Å². The van der Waals surface area contributed by atoms with Gasteiger partial charge in [0.2, 0.25) is 0 Å². The lowest BCUT2D eigenvalue weighted by Gasteiger charge is -2.58. The van der Waals surface area contributed by atoms with Crippen LogP contribution in [0.5, 0.6) is 0 Å². The fraction of sp³-hybridized carbons (Fsp3) is 0.871. The molecule has 4 aliphatic carbocycles. The average Bonchev–Trinajstić information content (AvgIpc) is 3.10. The highest BCUT2D eigenvalue weighted by Crippen LogP contribution is 2.65. The van der Waals surface area contributed by atoms with Gasteiger partial charge in [-0.25, -0.2) is 0 Å². The Hall–Kier alpha value is -1.12. The zero-order chi connectivity index (χ0) is 24.3. The molecule has 192 valence electrons. The van der Waals surface area contributed by atoms with Gasteiger partial charge in [-0.15, -0.1) is 0 Å². The minimum atomic E-state index is 0.0420. The SMILES string of the molecule is CCCCCCCCCCC(=O)O[C@H]1CCC2C3C([C@@H](C)C[C@@]21C)[C@H]1CCC(=O)C=C1C[C@H]3C. The van der Waals surface area contributed by atoms with Crippen LogP contribution in [-0.2, 0) is 14.3 Å². The molecule has 3 heteroatoms. The number of allylic oxidation sites excluding steroid dienone is 1. The van der Waals surface area contributed by atoms with Crippen molar-refractivity contribution in [3.05, 3.63) is 11.6 Å². The predicted octanol–water partition coefficient (Wildman–Crippen LogP) is 8.06. The summed E-state index contributed by atoms with van der Waals surface area (Å²) < 4.78 is 6.23. The molecular weight excluding hydrogens is 420 g/mol. The van der Waals surface area contributed by atoms with Gasteiger partial charge in [0.15, 0.2) is 5.78 Å². The standard InChI is InChI=1S/C31H50O3/c1-5-6-7-8-9-10-11-12-13-28(33)34-27-17-16-26-30-21(2)18-23-19-24(32)14-15-25(23)29(30)22(3)20-31(26,27)4/h19,21-22,25-27,29-30H,5-18,20H2,1-4H3/t21-,22+,25+,26?,27+,29?,30?,31+/m1/s1. The van der Waals surface area contributed by atoms with Gasteiger partial charge in [0.1, 0.15) is 6.10 Å². The molecule has 0 aromatic heterocycles. The second kappa shape index (κ2) is 11.3. The van der Waals surface area contributed by atoms with Gasteiger partial charge in [0.05, 0.1) is 0 Å². The lowest BCUT2D eigenvalue weighted by molar-refractivity contribution is -0.162. The molecule has 4 aliphatic rings. The molecule has 0 bridgehead atoms. The monoisotopic (exact) mass is 470 g/mol. The molecule has 0 aromatic carbocycles. The molecule has 8 atom stereocenters. The van der Waals surface area contributed by atoms with Gasteiger partial charge in [-0.3, -0.25) is 9.59 Å². The molecule has 0 amide bonds. The summed E-state index contributed by atoms with van der Waals surface area (Å²) in [4.78, 5) is 24.9.